The van der Waals surface area contributed by atoms with E-state index in [4.69, 9.17) is 10.2 Å². The Bertz CT molecular complexity index is 1780. The molecule has 0 saturated carbocycles. The molecule has 0 aliphatic rings. The average Bonchev–Trinajstić information content (AvgIpc) is 3.53. The van der Waals surface area contributed by atoms with E-state index < -0.39 is 0 Å². The van der Waals surface area contributed by atoms with Crippen LogP contribution in [0.5, 0.6) is 0 Å². The maximum atomic E-state index is 13.3. The fraction of sp³-hybridized carbons (Fsp3) is 0.125. The van der Waals surface area contributed by atoms with E-state index in [0.29, 0.717) is 24.0 Å². The van der Waals surface area contributed by atoms with E-state index in [1.807, 2.05) is 48.0 Å². The van der Waals surface area contributed by atoms with Crippen molar-refractivity contribution in [1.29, 1.82) is 5.26 Å². The Kier molecular flexibility index (Phi) is 4.35. The van der Waals surface area contributed by atoms with Gasteiger partial charge in [-0.25, -0.2) is 9.67 Å². The number of hydrogen-bond donors (Lipinski definition) is 1. The number of nitrogens with zero attached hydrogens (tertiary/aromatic N) is 6. The molecule has 33 heavy (non-hydrogen) atoms. The lowest BCUT2D eigenvalue weighted by Crippen LogP contribution is -2.24. The van der Waals surface area contributed by atoms with Crippen LogP contribution in [-0.2, 0) is 20.0 Å². The highest BCUT2D eigenvalue weighted by atomic mass is 32.1. The zero-order chi connectivity index (χ0) is 22.5. The van der Waals surface area contributed by atoms with Gasteiger partial charge in [0.15, 0.2) is 5.65 Å². The van der Waals surface area contributed by atoms with Crippen molar-refractivity contribution in [3.63, 3.8) is 0 Å². The third kappa shape index (κ3) is 3.11. The summed E-state index contributed by atoms with van der Waals surface area (Å²) >= 11 is 1.56. The topological polar surface area (TPSA) is 105 Å². The van der Waals surface area contributed by atoms with Crippen molar-refractivity contribution in [3.8, 4) is 6.07 Å². The van der Waals surface area contributed by atoms with Crippen molar-refractivity contribution in [2.75, 3.05) is 0 Å². The molecule has 0 amide bonds. The first-order valence-electron chi connectivity index (χ1n) is 10.4. The number of aryl methyl sites for hydroxylation is 1. The third-order valence-corrected chi connectivity index (χ3v) is 6.95. The molecule has 0 radical (unpaired) electrons. The molecule has 0 atom stereocenters. The summed E-state index contributed by atoms with van der Waals surface area (Å²) in [7, 11) is 1.87. The molecule has 0 unspecified atom stereocenters. The van der Waals surface area contributed by atoms with Crippen LogP contribution in [0, 0.1) is 11.3 Å². The van der Waals surface area contributed by atoms with Gasteiger partial charge in [-0.15, -0.1) is 11.3 Å². The van der Waals surface area contributed by atoms with Crippen LogP contribution in [0.2, 0.25) is 0 Å². The Morgan fingerprint density at radius 1 is 1.15 bits per heavy atom. The van der Waals surface area contributed by atoms with E-state index >= 15 is 0 Å². The largest absolute Gasteiger partial charge is 0.323 e. The minimum atomic E-state index is -0.149. The standard InChI is InChI=1S/C24H17N7OS/c1-30-21-18(22-23(30)28-20(33-22)9-14-4-2-5-15(8-14)10-25)12-27-31(24(21)32)13-16-6-3-7-19-17(16)11-26-29-19/h2-8,11-12H,9,13H2,1H3,(H,26,29). The normalized spacial score (nSPS) is 11.5. The van der Waals surface area contributed by atoms with Gasteiger partial charge in [0.25, 0.3) is 5.56 Å². The maximum absolute atomic E-state index is 13.3. The van der Waals surface area contributed by atoms with Crippen LogP contribution < -0.4 is 5.56 Å². The van der Waals surface area contributed by atoms with E-state index in [0.717, 1.165) is 42.8 Å². The summed E-state index contributed by atoms with van der Waals surface area (Å²) in [6.45, 7) is 0.360. The first-order valence-corrected chi connectivity index (χ1v) is 11.2. The predicted molar refractivity (Wildman–Crippen MR) is 127 cm³/mol. The van der Waals surface area contributed by atoms with Gasteiger partial charge in [0.2, 0.25) is 0 Å². The number of rotatable bonds is 4. The van der Waals surface area contributed by atoms with Crippen LogP contribution in [0.4, 0.5) is 0 Å². The van der Waals surface area contributed by atoms with Crippen molar-refractivity contribution in [3.05, 3.63) is 86.9 Å². The number of fused-ring (bicyclic) bond motifs is 4. The summed E-state index contributed by atoms with van der Waals surface area (Å²) < 4.78 is 4.30. The van der Waals surface area contributed by atoms with Gasteiger partial charge in [0.05, 0.1) is 40.8 Å². The number of benzene rings is 2. The van der Waals surface area contributed by atoms with Crippen LogP contribution in [0.1, 0.15) is 21.7 Å². The van der Waals surface area contributed by atoms with Gasteiger partial charge in [-0.05, 0) is 29.3 Å². The van der Waals surface area contributed by atoms with E-state index in [1.165, 1.54) is 4.68 Å². The van der Waals surface area contributed by atoms with Crippen molar-refractivity contribution >= 4 is 43.5 Å². The van der Waals surface area contributed by atoms with Crippen LogP contribution in [0.15, 0.2) is 59.7 Å². The minimum Gasteiger partial charge on any atom is -0.323 e. The van der Waals surface area contributed by atoms with Crippen molar-refractivity contribution < 1.29 is 0 Å². The van der Waals surface area contributed by atoms with Crippen LogP contribution in [-0.4, -0.2) is 29.5 Å². The molecular weight excluding hydrogens is 434 g/mol. The number of nitriles is 1. The summed E-state index contributed by atoms with van der Waals surface area (Å²) in [5.41, 5.74) is 4.79. The Hall–Kier alpha value is -4.29. The zero-order valence-electron chi connectivity index (χ0n) is 17.6. The van der Waals surface area contributed by atoms with E-state index in [2.05, 4.69) is 21.4 Å². The van der Waals surface area contributed by atoms with Crippen LogP contribution in [0.3, 0.4) is 0 Å². The van der Waals surface area contributed by atoms with E-state index in [9.17, 15) is 4.79 Å². The second-order valence-electron chi connectivity index (χ2n) is 7.93. The molecule has 0 spiro atoms. The molecule has 2 aromatic carbocycles. The van der Waals surface area contributed by atoms with Gasteiger partial charge in [-0.2, -0.15) is 15.5 Å². The van der Waals surface area contributed by atoms with Gasteiger partial charge in [0.1, 0.15) is 10.5 Å². The molecule has 0 fully saturated rings. The van der Waals surface area contributed by atoms with Crippen molar-refractivity contribution in [2.24, 2.45) is 7.05 Å². The highest BCUT2D eigenvalue weighted by Gasteiger charge is 2.19. The van der Waals surface area contributed by atoms with Gasteiger partial charge >= 0.3 is 0 Å². The molecule has 6 rings (SSSR count). The summed E-state index contributed by atoms with van der Waals surface area (Å²) in [4.78, 5) is 18.1. The highest BCUT2D eigenvalue weighted by molar-refractivity contribution is 7.19. The van der Waals surface area contributed by atoms with Gasteiger partial charge < -0.3 is 4.57 Å². The zero-order valence-corrected chi connectivity index (χ0v) is 18.4. The third-order valence-electron chi connectivity index (χ3n) is 5.88. The Morgan fingerprint density at radius 2 is 2.03 bits per heavy atom. The first kappa shape index (κ1) is 19.4. The average molecular weight is 452 g/mol. The minimum absolute atomic E-state index is 0.149. The van der Waals surface area contributed by atoms with Crippen molar-refractivity contribution in [2.45, 2.75) is 13.0 Å². The fourth-order valence-corrected chi connectivity index (χ4v) is 5.41. The molecule has 1 N–H and O–H groups in total. The summed E-state index contributed by atoms with van der Waals surface area (Å²) in [5, 5.41) is 23.4. The lowest BCUT2D eigenvalue weighted by atomic mass is 10.1. The van der Waals surface area contributed by atoms with Crippen molar-refractivity contribution in [1.82, 2.24) is 29.5 Å². The lowest BCUT2D eigenvalue weighted by molar-refractivity contribution is 0.647. The second kappa shape index (κ2) is 7.39. The molecule has 160 valence electrons. The summed E-state index contributed by atoms with van der Waals surface area (Å²) in [6, 6.07) is 15.6. The predicted octanol–water partition coefficient (Wildman–Crippen LogP) is 3.73. The molecule has 0 bridgehead atoms. The van der Waals surface area contributed by atoms with Gasteiger partial charge in [0, 0.05) is 24.2 Å². The Morgan fingerprint density at radius 3 is 2.91 bits per heavy atom. The van der Waals surface area contributed by atoms with Gasteiger partial charge in [-0.3, -0.25) is 9.89 Å². The number of thiazole rings is 1. The molecule has 6 aromatic rings. The van der Waals surface area contributed by atoms with Crippen LogP contribution in [0.25, 0.3) is 32.2 Å². The summed E-state index contributed by atoms with van der Waals surface area (Å²) in [6.07, 6.45) is 4.16. The SMILES string of the molecule is Cn1c2nc(Cc3cccc(C#N)c3)sc2c2cnn(Cc3cccc4[nH]ncc34)c(=O)c21. The smallest absolute Gasteiger partial charge is 0.291 e. The fourth-order valence-electron chi connectivity index (χ4n) is 4.27. The molecule has 4 heterocycles. The molecule has 0 saturated heterocycles. The Balaban J connectivity index is 1.41. The monoisotopic (exact) mass is 451 g/mol. The lowest BCUT2D eigenvalue weighted by Gasteiger charge is -2.07. The first-order chi connectivity index (χ1) is 16.1. The number of nitrogens with one attached hydrogen (secondary N) is 1. The van der Waals surface area contributed by atoms with Gasteiger partial charge in [-0.1, -0.05) is 24.3 Å². The molecular formula is C24H17N7OS. The maximum Gasteiger partial charge on any atom is 0.291 e. The summed E-state index contributed by atoms with van der Waals surface area (Å²) in [5.74, 6) is 0. The number of H-pyrrole nitrogens is 1. The number of aromatic amines is 1. The van der Waals surface area contributed by atoms with Crippen LogP contribution >= 0.6 is 11.3 Å². The highest BCUT2D eigenvalue weighted by Crippen LogP contribution is 2.32. The number of hydrogen-bond acceptors (Lipinski definition) is 6. The quantitative estimate of drug-likeness (QED) is 0.440. The van der Waals surface area contributed by atoms with E-state index in [1.54, 1.807) is 29.8 Å². The molecule has 0 aliphatic carbocycles. The second-order valence-corrected chi connectivity index (χ2v) is 9.01. The molecule has 9 heteroatoms. The Labute approximate surface area is 191 Å². The molecule has 8 nitrogen and oxygen atoms in total. The van der Waals surface area contributed by atoms with E-state index in [-0.39, 0.29) is 5.56 Å². The number of aromatic nitrogens is 6. The molecule has 4 aromatic heterocycles. The molecule has 0 aliphatic heterocycles.